The van der Waals surface area contributed by atoms with E-state index < -0.39 is 25.1 Å². The van der Waals surface area contributed by atoms with E-state index >= 15 is 0 Å². The highest BCUT2D eigenvalue weighted by atomic mass is 79.9. The Bertz CT molecular complexity index is 1040. The summed E-state index contributed by atoms with van der Waals surface area (Å²) in [4.78, 5) is 26.7. The summed E-state index contributed by atoms with van der Waals surface area (Å²) < 4.78 is 6.82. The zero-order chi connectivity index (χ0) is 24.6. The highest BCUT2D eigenvalue weighted by Crippen LogP contribution is 2.50. The van der Waals surface area contributed by atoms with E-state index in [2.05, 4.69) is 22.9 Å². The number of aliphatic hydroxyl groups excluding tert-OH is 1. The SMILES string of the molecule is CCC/C(=C\c1cc(Br)ccc1O)CC[C@H]1OB(O)C[C@H]2C1=C(CO)C[C@H]1C(=O)N(C)C(=O)[C@H]12. The van der Waals surface area contributed by atoms with Crippen LogP contribution in [-0.4, -0.2) is 58.8 Å². The number of hydrogen-bond donors (Lipinski definition) is 3. The van der Waals surface area contributed by atoms with E-state index in [1.807, 2.05) is 12.1 Å². The van der Waals surface area contributed by atoms with Crippen LogP contribution in [0, 0.1) is 17.8 Å². The summed E-state index contributed by atoms with van der Waals surface area (Å²) in [6, 6.07) is 5.31. The first kappa shape index (κ1) is 25.2. The predicted octanol–water partition coefficient (Wildman–Crippen LogP) is 3.54. The first-order valence-corrected chi connectivity index (χ1v) is 12.7. The minimum atomic E-state index is -1.03. The fourth-order valence-corrected chi connectivity index (χ4v) is 6.21. The Morgan fingerprint density at radius 1 is 1.26 bits per heavy atom. The van der Waals surface area contributed by atoms with E-state index in [1.165, 1.54) is 11.9 Å². The number of halogens is 1. The first-order chi connectivity index (χ1) is 16.2. The van der Waals surface area contributed by atoms with E-state index in [9.17, 15) is 24.8 Å². The van der Waals surface area contributed by atoms with E-state index in [-0.39, 0.29) is 36.4 Å². The van der Waals surface area contributed by atoms with Gasteiger partial charge in [0.25, 0.3) is 0 Å². The third-order valence-corrected chi connectivity index (χ3v) is 7.86. The molecule has 0 radical (unpaired) electrons. The molecule has 4 atom stereocenters. The summed E-state index contributed by atoms with van der Waals surface area (Å²) in [6.45, 7) is 1.90. The van der Waals surface area contributed by atoms with Crippen molar-refractivity contribution in [3.05, 3.63) is 45.0 Å². The molecule has 1 aromatic rings. The lowest BCUT2D eigenvalue weighted by molar-refractivity contribution is -0.138. The monoisotopic (exact) mass is 531 g/mol. The molecule has 0 saturated carbocycles. The Morgan fingerprint density at radius 2 is 2.03 bits per heavy atom. The molecule has 182 valence electrons. The molecule has 0 aromatic heterocycles. The molecule has 4 rings (SSSR count). The number of carbonyl (C=O) groups excluding carboxylic acids is 2. The van der Waals surface area contributed by atoms with Crippen molar-refractivity contribution in [3.63, 3.8) is 0 Å². The number of fused-ring (bicyclic) bond motifs is 3. The molecule has 1 aliphatic carbocycles. The minimum absolute atomic E-state index is 0.195. The van der Waals surface area contributed by atoms with Crippen LogP contribution in [0.15, 0.2) is 39.4 Å². The summed E-state index contributed by atoms with van der Waals surface area (Å²) in [5.41, 5.74) is 3.51. The maximum absolute atomic E-state index is 12.9. The number of nitrogens with zero attached hydrogens (tertiary/aromatic N) is 1. The van der Waals surface area contributed by atoms with Gasteiger partial charge in [-0.05, 0) is 67.3 Å². The average Bonchev–Trinajstić information content (AvgIpc) is 3.02. The van der Waals surface area contributed by atoms with Crippen molar-refractivity contribution in [1.29, 1.82) is 0 Å². The summed E-state index contributed by atoms with van der Waals surface area (Å²) in [7, 11) is 0.479. The van der Waals surface area contributed by atoms with Crippen molar-refractivity contribution >= 4 is 40.9 Å². The fourth-order valence-electron chi connectivity index (χ4n) is 5.84. The van der Waals surface area contributed by atoms with Crippen LogP contribution in [0.25, 0.3) is 6.08 Å². The Labute approximate surface area is 208 Å². The number of allylic oxidation sites excluding steroid dienone is 1. The molecule has 2 saturated heterocycles. The molecule has 2 fully saturated rings. The van der Waals surface area contributed by atoms with E-state index in [4.69, 9.17) is 4.65 Å². The van der Waals surface area contributed by atoms with Gasteiger partial charge in [-0.3, -0.25) is 14.5 Å². The first-order valence-electron chi connectivity index (χ1n) is 11.9. The Balaban J connectivity index is 1.61. The zero-order valence-corrected chi connectivity index (χ0v) is 21.1. The predicted molar refractivity (Wildman–Crippen MR) is 133 cm³/mol. The maximum atomic E-state index is 12.9. The van der Waals surface area contributed by atoms with Crippen LogP contribution in [0.3, 0.4) is 0 Å². The second kappa shape index (κ2) is 10.4. The molecule has 9 heteroatoms. The molecule has 2 amide bonds. The number of phenols is 1. The van der Waals surface area contributed by atoms with Gasteiger partial charge in [-0.2, -0.15) is 0 Å². The van der Waals surface area contributed by atoms with Gasteiger partial charge < -0.3 is 19.9 Å². The highest BCUT2D eigenvalue weighted by molar-refractivity contribution is 9.10. The molecule has 0 bridgehead atoms. The molecular formula is C25H31BBrNO6. The number of imide groups is 1. The largest absolute Gasteiger partial charge is 0.507 e. The van der Waals surface area contributed by atoms with Gasteiger partial charge >= 0.3 is 7.12 Å². The summed E-state index contributed by atoms with van der Waals surface area (Å²) in [6.07, 6.45) is 5.17. The smallest absolute Gasteiger partial charge is 0.455 e. The number of benzene rings is 1. The molecule has 2 heterocycles. The van der Waals surface area contributed by atoms with Crippen LogP contribution in [0.4, 0.5) is 0 Å². The maximum Gasteiger partial charge on any atom is 0.455 e. The fraction of sp³-hybridized carbons (Fsp3) is 0.520. The number of phenolic OH excluding ortho intramolecular Hbond substituents is 1. The van der Waals surface area contributed by atoms with Crippen molar-refractivity contribution in [1.82, 2.24) is 4.90 Å². The summed E-state index contributed by atoms with van der Waals surface area (Å²) in [5, 5.41) is 30.9. The van der Waals surface area contributed by atoms with Crippen LogP contribution >= 0.6 is 15.9 Å². The molecule has 34 heavy (non-hydrogen) atoms. The van der Waals surface area contributed by atoms with Crippen LogP contribution in [0.5, 0.6) is 5.75 Å². The highest BCUT2D eigenvalue weighted by Gasteiger charge is 2.56. The van der Waals surface area contributed by atoms with Crippen LogP contribution in [0.2, 0.25) is 6.32 Å². The number of aliphatic hydroxyl groups is 1. The minimum Gasteiger partial charge on any atom is -0.507 e. The summed E-state index contributed by atoms with van der Waals surface area (Å²) >= 11 is 3.45. The Kier molecular flexibility index (Phi) is 7.67. The summed E-state index contributed by atoms with van der Waals surface area (Å²) in [5.74, 6) is -1.51. The molecular weight excluding hydrogens is 501 g/mol. The van der Waals surface area contributed by atoms with Crippen molar-refractivity contribution < 1.29 is 29.5 Å². The van der Waals surface area contributed by atoms with Gasteiger partial charge in [-0.1, -0.05) is 40.9 Å². The number of aromatic hydroxyl groups is 1. The van der Waals surface area contributed by atoms with Gasteiger partial charge in [0.2, 0.25) is 11.8 Å². The van der Waals surface area contributed by atoms with Gasteiger partial charge in [0.05, 0.1) is 24.5 Å². The zero-order valence-electron chi connectivity index (χ0n) is 19.5. The van der Waals surface area contributed by atoms with Gasteiger partial charge in [0, 0.05) is 17.1 Å². The molecule has 3 aliphatic rings. The van der Waals surface area contributed by atoms with Gasteiger partial charge in [-0.15, -0.1) is 0 Å². The molecule has 1 aromatic carbocycles. The average molecular weight is 532 g/mol. The van der Waals surface area contributed by atoms with Crippen molar-refractivity contribution in [2.75, 3.05) is 13.7 Å². The van der Waals surface area contributed by atoms with Crippen LogP contribution in [0.1, 0.15) is 44.6 Å². The van der Waals surface area contributed by atoms with Crippen LogP contribution < -0.4 is 0 Å². The third kappa shape index (κ3) is 4.76. The lowest BCUT2D eigenvalue weighted by Gasteiger charge is -2.43. The Morgan fingerprint density at radius 3 is 2.74 bits per heavy atom. The molecule has 2 aliphatic heterocycles. The van der Waals surface area contributed by atoms with E-state index in [1.54, 1.807) is 12.1 Å². The second-order valence-corrected chi connectivity index (χ2v) is 10.4. The number of carbonyl (C=O) groups is 2. The van der Waals surface area contributed by atoms with Crippen molar-refractivity contribution in [2.45, 2.75) is 51.5 Å². The number of hydrogen-bond acceptors (Lipinski definition) is 6. The number of likely N-dealkylation sites (tertiary alicyclic amines) is 1. The van der Waals surface area contributed by atoms with E-state index in [0.717, 1.165) is 39.6 Å². The van der Waals surface area contributed by atoms with Gasteiger partial charge in [0.1, 0.15) is 5.75 Å². The normalized spacial score (nSPS) is 27.4. The Hall–Kier alpha value is -1.94. The molecule has 0 spiro atoms. The van der Waals surface area contributed by atoms with Crippen LogP contribution in [-0.2, 0) is 14.2 Å². The van der Waals surface area contributed by atoms with Gasteiger partial charge in [-0.25, -0.2) is 0 Å². The second-order valence-electron chi connectivity index (χ2n) is 9.50. The van der Waals surface area contributed by atoms with E-state index in [0.29, 0.717) is 19.3 Å². The quantitative estimate of drug-likeness (QED) is 0.282. The topological polar surface area (TPSA) is 107 Å². The number of amides is 2. The molecule has 0 unspecified atom stereocenters. The molecule has 7 nitrogen and oxygen atoms in total. The van der Waals surface area contributed by atoms with Crippen molar-refractivity contribution in [3.8, 4) is 5.75 Å². The van der Waals surface area contributed by atoms with Gasteiger partial charge in [0.15, 0.2) is 0 Å². The number of rotatable bonds is 7. The standard InChI is InChI=1S/C25H31BBrNO6/c1-3-4-14(9-15-10-17(27)6-7-20(15)30)5-8-21-22-16(13-29)11-18-23(19(22)12-26(33)34-21)25(32)28(2)24(18)31/h6-7,9-10,18-19,21,23,29-30,33H,3-5,8,11-13H2,1-2H3/b14-9+/t18-,19+,21-,23-/m1/s1. The lowest BCUT2D eigenvalue weighted by Crippen LogP contribution is -2.46. The molecule has 3 N–H and O–H groups in total. The third-order valence-electron chi connectivity index (χ3n) is 7.37. The van der Waals surface area contributed by atoms with Crippen molar-refractivity contribution in [2.24, 2.45) is 17.8 Å². The lowest BCUT2D eigenvalue weighted by atomic mass is 9.58.